The second-order valence-corrected chi connectivity index (χ2v) is 5.89. The van der Waals surface area contributed by atoms with Gasteiger partial charge in [-0.25, -0.2) is 4.39 Å². The van der Waals surface area contributed by atoms with Crippen molar-refractivity contribution in [2.75, 3.05) is 18.9 Å². The SMILES string of the molecule is CC(C)c1ccc(NC(=O)[C@H]2CCN(C)C(=O)C2)cc1F. The van der Waals surface area contributed by atoms with E-state index < -0.39 is 0 Å². The summed E-state index contributed by atoms with van der Waals surface area (Å²) in [6.07, 6.45) is 0.857. The highest BCUT2D eigenvalue weighted by Gasteiger charge is 2.28. The van der Waals surface area contributed by atoms with Gasteiger partial charge in [0.2, 0.25) is 11.8 Å². The number of halogens is 1. The van der Waals surface area contributed by atoms with E-state index >= 15 is 0 Å². The molecule has 4 nitrogen and oxygen atoms in total. The van der Waals surface area contributed by atoms with Crippen LogP contribution in [0.1, 0.15) is 38.2 Å². The van der Waals surface area contributed by atoms with Crippen molar-refractivity contribution in [1.82, 2.24) is 4.90 Å². The standard InChI is InChI=1S/C16H21FN2O2/c1-10(2)13-5-4-12(9-14(13)17)18-16(21)11-6-7-19(3)15(20)8-11/h4-5,9-11H,6-8H2,1-3H3,(H,18,21)/t11-/m0/s1. The highest BCUT2D eigenvalue weighted by atomic mass is 19.1. The van der Waals surface area contributed by atoms with Gasteiger partial charge in [0.1, 0.15) is 5.82 Å². The number of nitrogens with zero attached hydrogens (tertiary/aromatic N) is 1. The molecule has 1 aliphatic heterocycles. The number of amides is 2. The van der Waals surface area contributed by atoms with E-state index in [0.29, 0.717) is 24.2 Å². The quantitative estimate of drug-likeness (QED) is 0.931. The molecule has 0 aliphatic carbocycles. The molecule has 1 heterocycles. The summed E-state index contributed by atoms with van der Waals surface area (Å²) in [7, 11) is 1.73. The third-order valence-corrected chi connectivity index (χ3v) is 3.92. The average Bonchev–Trinajstić information content (AvgIpc) is 2.41. The Morgan fingerprint density at radius 1 is 1.43 bits per heavy atom. The average molecular weight is 292 g/mol. The summed E-state index contributed by atoms with van der Waals surface area (Å²) in [6.45, 7) is 4.42. The fraction of sp³-hybridized carbons (Fsp3) is 0.500. The van der Waals surface area contributed by atoms with Gasteiger partial charge < -0.3 is 10.2 Å². The van der Waals surface area contributed by atoms with E-state index in [9.17, 15) is 14.0 Å². The molecule has 114 valence electrons. The summed E-state index contributed by atoms with van der Waals surface area (Å²) in [5, 5.41) is 2.70. The number of rotatable bonds is 3. The lowest BCUT2D eigenvalue weighted by molar-refractivity contribution is -0.137. The Labute approximate surface area is 124 Å². The van der Waals surface area contributed by atoms with Crippen molar-refractivity contribution in [3.8, 4) is 0 Å². The van der Waals surface area contributed by atoms with Crippen LogP contribution in [-0.4, -0.2) is 30.3 Å². The number of anilines is 1. The van der Waals surface area contributed by atoms with E-state index in [1.165, 1.54) is 6.07 Å². The minimum atomic E-state index is -0.332. The van der Waals surface area contributed by atoms with Crippen molar-refractivity contribution in [2.24, 2.45) is 5.92 Å². The minimum absolute atomic E-state index is 0.0252. The Balaban J connectivity index is 2.03. The molecule has 0 radical (unpaired) electrons. The van der Waals surface area contributed by atoms with Crippen molar-refractivity contribution >= 4 is 17.5 Å². The van der Waals surface area contributed by atoms with Gasteiger partial charge in [0, 0.05) is 31.6 Å². The summed E-state index contributed by atoms with van der Waals surface area (Å²) in [6, 6.07) is 4.73. The Kier molecular flexibility index (Phi) is 4.60. The highest BCUT2D eigenvalue weighted by Crippen LogP contribution is 2.23. The summed E-state index contributed by atoms with van der Waals surface area (Å²) < 4.78 is 13.9. The van der Waals surface area contributed by atoms with E-state index in [4.69, 9.17) is 0 Å². The third kappa shape index (κ3) is 3.60. The maximum Gasteiger partial charge on any atom is 0.228 e. The molecule has 21 heavy (non-hydrogen) atoms. The van der Waals surface area contributed by atoms with E-state index in [0.717, 1.165) is 0 Å². The first-order chi connectivity index (χ1) is 9.88. The lowest BCUT2D eigenvalue weighted by atomic mass is 9.95. The molecule has 1 fully saturated rings. The topological polar surface area (TPSA) is 49.4 Å². The number of benzene rings is 1. The van der Waals surface area contributed by atoms with E-state index in [1.54, 1.807) is 24.1 Å². The lowest BCUT2D eigenvalue weighted by Crippen LogP contribution is -2.39. The van der Waals surface area contributed by atoms with Crippen LogP contribution < -0.4 is 5.32 Å². The van der Waals surface area contributed by atoms with Crippen LogP contribution in [0.25, 0.3) is 0 Å². The van der Waals surface area contributed by atoms with Crippen molar-refractivity contribution in [3.05, 3.63) is 29.6 Å². The van der Waals surface area contributed by atoms with E-state index in [1.807, 2.05) is 13.8 Å². The molecule has 1 aromatic carbocycles. The Morgan fingerprint density at radius 2 is 2.14 bits per heavy atom. The van der Waals surface area contributed by atoms with Crippen LogP contribution in [0.15, 0.2) is 18.2 Å². The Morgan fingerprint density at radius 3 is 2.71 bits per heavy atom. The second kappa shape index (κ2) is 6.24. The van der Waals surface area contributed by atoms with Crippen LogP contribution in [0, 0.1) is 11.7 Å². The molecule has 0 unspecified atom stereocenters. The molecule has 1 aliphatic rings. The molecular weight excluding hydrogens is 271 g/mol. The predicted molar refractivity (Wildman–Crippen MR) is 79.5 cm³/mol. The molecule has 0 saturated carbocycles. The Hall–Kier alpha value is -1.91. The maximum absolute atomic E-state index is 13.9. The first-order valence-electron chi connectivity index (χ1n) is 7.22. The fourth-order valence-corrected chi connectivity index (χ4v) is 2.48. The van der Waals surface area contributed by atoms with Crippen LogP contribution >= 0.6 is 0 Å². The number of hydrogen-bond acceptors (Lipinski definition) is 2. The maximum atomic E-state index is 13.9. The number of nitrogens with one attached hydrogen (secondary N) is 1. The van der Waals surface area contributed by atoms with Crippen LogP contribution in [0.3, 0.4) is 0 Å². The van der Waals surface area contributed by atoms with Gasteiger partial charge >= 0.3 is 0 Å². The van der Waals surface area contributed by atoms with Crippen LogP contribution in [0.4, 0.5) is 10.1 Å². The zero-order valence-electron chi connectivity index (χ0n) is 12.6. The van der Waals surface area contributed by atoms with Crippen molar-refractivity contribution in [2.45, 2.75) is 32.6 Å². The first-order valence-corrected chi connectivity index (χ1v) is 7.22. The summed E-state index contributed by atoms with van der Waals surface area (Å²) in [4.78, 5) is 25.4. The zero-order valence-corrected chi connectivity index (χ0v) is 12.6. The van der Waals surface area contributed by atoms with E-state index in [-0.39, 0.29) is 35.9 Å². The molecule has 5 heteroatoms. The van der Waals surface area contributed by atoms with Gasteiger partial charge in [0.25, 0.3) is 0 Å². The molecular formula is C16H21FN2O2. The Bertz CT molecular complexity index is 557. The first kappa shape index (κ1) is 15.5. The minimum Gasteiger partial charge on any atom is -0.346 e. The molecule has 2 rings (SSSR count). The van der Waals surface area contributed by atoms with Gasteiger partial charge in [-0.3, -0.25) is 9.59 Å². The summed E-state index contributed by atoms with van der Waals surface area (Å²) in [5.41, 5.74) is 1.07. The van der Waals surface area contributed by atoms with Gasteiger partial charge in [-0.2, -0.15) is 0 Å². The van der Waals surface area contributed by atoms with Crippen LogP contribution in [0.2, 0.25) is 0 Å². The number of piperidine rings is 1. The molecule has 0 bridgehead atoms. The largest absolute Gasteiger partial charge is 0.346 e. The molecule has 1 aromatic rings. The van der Waals surface area contributed by atoms with Crippen LogP contribution in [-0.2, 0) is 9.59 Å². The molecule has 1 atom stereocenters. The third-order valence-electron chi connectivity index (χ3n) is 3.92. The van der Waals surface area contributed by atoms with Gasteiger partial charge in [-0.15, -0.1) is 0 Å². The number of carbonyl (C=O) groups excluding carboxylic acids is 2. The normalized spacial score (nSPS) is 19.0. The smallest absolute Gasteiger partial charge is 0.228 e. The monoisotopic (exact) mass is 292 g/mol. The van der Waals surface area contributed by atoms with Crippen molar-refractivity contribution in [3.63, 3.8) is 0 Å². The fourth-order valence-electron chi connectivity index (χ4n) is 2.48. The van der Waals surface area contributed by atoms with Gasteiger partial charge in [0.05, 0.1) is 0 Å². The molecule has 0 spiro atoms. The molecule has 0 aromatic heterocycles. The van der Waals surface area contributed by atoms with Crippen LogP contribution in [0.5, 0.6) is 0 Å². The molecule has 1 saturated heterocycles. The van der Waals surface area contributed by atoms with Gasteiger partial charge in [0.15, 0.2) is 0 Å². The predicted octanol–water partition coefficient (Wildman–Crippen LogP) is 2.76. The summed E-state index contributed by atoms with van der Waals surface area (Å²) >= 11 is 0. The zero-order chi connectivity index (χ0) is 15.6. The van der Waals surface area contributed by atoms with Gasteiger partial charge in [-0.1, -0.05) is 19.9 Å². The van der Waals surface area contributed by atoms with E-state index in [2.05, 4.69) is 5.32 Å². The summed E-state index contributed by atoms with van der Waals surface area (Å²) in [5.74, 6) is -0.791. The number of carbonyl (C=O) groups is 2. The number of hydrogen-bond donors (Lipinski definition) is 1. The second-order valence-electron chi connectivity index (χ2n) is 5.89. The lowest BCUT2D eigenvalue weighted by Gasteiger charge is -2.27. The molecule has 2 amide bonds. The van der Waals surface area contributed by atoms with Crippen molar-refractivity contribution in [1.29, 1.82) is 0 Å². The highest BCUT2D eigenvalue weighted by molar-refractivity contribution is 5.95. The molecule has 1 N–H and O–H groups in total. The van der Waals surface area contributed by atoms with Crippen molar-refractivity contribution < 1.29 is 14.0 Å². The van der Waals surface area contributed by atoms with Gasteiger partial charge in [-0.05, 0) is 30.0 Å². The number of likely N-dealkylation sites (tertiary alicyclic amines) is 1.